The summed E-state index contributed by atoms with van der Waals surface area (Å²) in [7, 11) is 0. The Morgan fingerprint density at radius 2 is 1.95 bits per heavy atom. The van der Waals surface area contributed by atoms with Gasteiger partial charge in [0.05, 0.1) is 5.54 Å². The molecule has 1 aromatic rings. The van der Waals surface area contributed by atoms with Crippen LogP contribution in [0.5, 0.6) is 0 Å². The molecule has 3 rings (SSSR count). The van der Waals surface area contributed by atoms with Gasteiger partial charge in [-0.05, 0) is 24.8 Å². The van der Waals surface area contributed by atoms with Crippen molar-refractivity contribution in [2.24, 2.45) is 0 Å². The van der Waals surface area contributed by atoms with Gasteiger partial charge < -0.3 is 0 Å². The zero-order chi connectivity index (χ0) is 13.1. The number of benzene rings is 1. The summed E-state index contributed by atoms with van der Waals surface area (Å²) in [6, 6.07) is 10.5. The molecular formula is C17H21NO. The Hall–Kier alpha value is -1.41. The molecule has 0 N–H and O–H groups in total. The third kappa shape index (κ3) is 2.37. The highest BCUT2D eigenvalue weighted by atomic mass is 16.1. The van der Waals surface area contributed by atoms with Crippen LogP contribution in [0.4, 0.5) is 0 Å². The summed E-state index contributed by atoms with van der Waals surface area (Å²) >= 11 is 0. The van der Waals surface area contributed by atoms with Crippen LogP contribution in [0.1, 0.15) is 37.7 Å². The van der Waals surface area contributed by atoms with Crippen molar-refractivity contribution in [3.63, 3.8) is 0 Å². The lowest BCUT2D eigenvalue weighted by Gasteiger charge is -2.46. The van der Waals surface area contributed by atoms with Gasteiger partial charge >= 0.3 is 0 Å². The normalized spacial score (nSPS) is 27.9. The number of hydrogen-bond acceptors (Lipinski definition) is 2. The predicted octanol–water partition coefficient (Wildman–Crippen LogP) is 3.33. The van der Waals surface area contributed by atoms with Crippen LogP contribution in [-0.2, 0) is 11.3 Å². The van der Waals surface area contributed by atoms with Crippen molar-refractivity contribution in [2.75, 3.05) is 6.54 Å². The smallest absolute Gasteiger partial charge is 0.153 e. The number of hydrogen-bond donors (Lipinski definition) is 0. The summed E-state index contributed by atoms with van der Waals surface area (Å²) in [6.45, 7) is 1.79. The second kappa shape index (κ2) is 5.30. The zero-order valence-electron chi connectivity index (χ0n) is 11.3. The minimum Gasteiger partial charge on any atom is -0.298 e. The van der Waals surface area contributed by atoms with Gasteiger partial charge in [0.1, 0.15) is 0 Å². The van der Waals surface area contributed by atoms with Gasteiger partial charge in [0.25, 0.3) is 0 Å². The average molecular weight is 255 g/mol. The number of ketones is 1. The molecule has 1 aliphatic carbocycles. The van der Waals surface area contributed by atoms with Crippen molar-refractivity contribution in [3.05, 3.63) is 48.0 Å². The lowest BCUT2D eigenvalue weighted by molar-refractivity contribution is -0.134. The van der Waals surface area contributed by atoms with Gasteiger partial charge in [-0.25, -0.2) is 0 Å². The maximum Gasteiger partial charge on any atom is 0.153 e. The van der Waals surface area contributed by atoms with E-state index < -0.39 is 0 Å². The first-order chi connectivity index (χ1) is 9.31. The van der Waals surface area contributed by atoms with E-state index in [9.17, 15) is 4.79 Å². The zero-order valence-corrected chi connectivity index (χ0v) is 11.3. The molecule has 1 spiro atoms. The number of nitrogens with zero attached hydrogens (tertiary/aromatic N) is 1. The Kier molecular flexibility index (Phi) is 3.52. The molecule has 1 atom stereocenters. The van der Waals surface area contributed by atoms with E-state index >= 15 is 0 Å². The van der Waals surface area contributed by atoms with Crippen LogP contribution >= 0.6 is 0 Å². The van der Waals surface area contributed by atoms with Crippen LogP contribution in [0.2, 0.25) is 0 Å². The summed E-state index contributed by atoms with van der Waals surface area (Å²) in [5.41, 5.74) is 1.10. The topological polar surface area (TPSA) is 20.3 Å². The third-order valence-corrected chi connectivity index (χ3v) is 4.53. The molecule has 2 nitrogen and oxygen atoms in total. The van der Waals surface area contributed by atoms with Crippen molar-refractivity contribution in [1.82, 2.24) is 4.90 Å². The van der Waals surface area contributed by atoms with Crippen molar-refractivity contribution >= 4 is 5.78 Å². The molecule has 0 radical (unpaired) electrons. The van der Waals surface area contributed by atoms with E-state index in [2.05, 4.69) is 41.3 Å². The van der Waals surface area contributed by atoms with E-state index in [-0.39, 0.29) is 5.54 Å². The van der Waals surface area contributed by atoms with E-state index in [1.54, 1.807) is 0 Å². The Labute approximate surface area is 115 Å². The highest BCUT2D eigenvalue weighted by molar-refractivity contribution is 5.89. The Bertz CT molecular complexity index is 479. The van der Waals surface area contributed by atoms with Crippen molar-refractivity contribution in [1.29, 1.82) is 0 Å². The second-order valence-corrected chi connectivity index (χ2v) is 5.70. The molecular weight excluding hydrogens is 234 g/mol. The van der Waals surface area contributed by atoms with Crippen LogP contribution < -0.4 is 0 Å². The minimum atomic E-state index is -0.206. The molecule has 0 aromatic heterocycles. The molecule has 1 aliphatic heterocycles. The first kappa shape index (κ1) is 12.6. The van der Waals surface area contributed by atoms with Gasteiger partial charge in [-0.2, -0.15) is 0 Å². The highest BCUT2D eigenvalue weighted by Crippen LogP contribution is 2.37. The van der Waals surface area contributed by atoms with E-state index in [4.69, 9.17) is 0 Å². The summed E-state index contributed by atoms with van der Waals surface area (Å²) in [4.78, 5) is 14.9. The maximum absolute atomic E-state index is 12.5. The predicted molar refractivity (Wildman–Crippen MR) is 76.8 cm³/mol. The molecule has 19 heavy (non-hydrogen) atoms. The van der Waals surface area contributed by atoms with Crippen LogP contribution in [0.15, 0.2) is 42.5 Å². The molecule has 2 aliphatic rings. The molecule has 0 unspecified atom stereocenters. The van der Waals surface area contributed by atoms with Gasteiger partial charge in [0.2, 0.25) is 0 Å². The van der Waals surface area contributed by atoms with E-state index in [0.29, 0.717) is 5.78 Å². The first-order valence-corrected chi connectivity index (χ1v) is 7.28. The van der Waals surface area contributed by atoms with Crippen molar-refractivity contribution in [3.8, 4) is 0 Å². The molecule has 1 saturated carbocycles. The standard InChI is InChI=1S/C17H21NO/c19-16-10-4-5-11-17(16)12-6-7-13-18(17)14-15-8-2-1-3-9-15/h1-3,6-9H,4-5,10-14H2/t17-/m0/s1. The molecule has 0 amide bonds. The fraction of sp³-hybridized carbons (Fsp3) is 0.471. The van der Waals surface area contributed by atoms with Gasteiger partial charge in [-0.3, -0.25) is 9.69 Å². The molecule has 0 saturated heterocycles. The van der Waals surface area contributed by atoms with Crippen molar-refractivity contribution in [2.45, 2.75) is 44.2 Å². The van der Waals surface area contributed by atoms with Gasteiger partial charge in [0, 0.05) is 19.5 Å². The van der Waals surface area contributed by atoms with Gasteiger partial charge in [-0.1, -0.05) is 48.9 Å². The fourth-order valence-electron chi connectivity index (χ4n) is 3.43. The fourth-order valence-corrected chi connectivity index (χ4v) is 3.43. The summed E-state index contributed by atoms with van der Waals surface area (Å²) < 4.78 is 0. The molecule has 1 fully saturated rings. The summed E-state index contributed by atoms with van der Waals surface area (Å²) in [5.74, 6) is 0.457. The third-order valence-electron chi connectivity index (χ3n) is 4.53. The lowest BCUT2D eigenvalue weighted by atomic mass is 9.75. The van der Waals surface area contributed by atoms with E-state index in [0.717, 1.165) is 38.8 Å². The SMILES string of the molecule is O=C1CCCC[C@]12CC=CCN2Cc1ccccc1. The molecule has 1 heterocycles. The summed E-state index contributed by atoms with van der Waals surface area (Å²) in [5, 5.41) is 0. The van der Waals surface area contributed by atoms with E-state index in [1.807, 2.05) is 6.07 Å². The number of carbonyl (C=O) groups is 1. The molecule has 100 valence electrons. The largest absolute Gasteiger partial charge is 0.298 e. The number of rotatable bonds is 2. The molecule has 0 bridgehead atoms. The van der Waals surface area contributed by atoms with Crippen LogP contribution in [0.25, 0.3) is 0 Å². The first-order valence-electron chi connectivity index (χ1n) is 7.28. The Morgan fingerprint density at radius 3 is 2.74 bits per heavy atom. The Balaban J connectivity index is 1.85. The second-order valence-electron chi connectivity index (χ2n) is 5.70. The minimum absolute atomic E-state index is 0.206. The van der Waals surface area contributed by atoms with E-state index in [1.165, 1.54) is 12.0 Å². The van der Waals surface area contributed by atoms with Gasteiger partial charge in [-0.15, -0.1) is 0 Å². The summed E-state index contributed by atoms with van der Waals surface area (Å²) in [6.07, 6.45) is 9.36. The van der Waals surface area contributed by atoms with Crippen molar-refractivity contribution < 1.29 is 4.79 Å². The maximum atomic E-state index is 12.5. The van der Waals surface area contributed by atoms with Crippen LogP contribution in [-0.4, -0.2) is 22.8 Å². The Morgan fingerprint density at radius 1 is 1.11 bits per heavy atom. The lowest BCUT2D eigenvalue weighted by Crippen LogP contribution is -2.56. The average Bonchev–Trinajstić information content (AvgIpc) is 2.46. The van der Waals surface area contributed by atoms with Crippen LogP contribution in [0.3, 0.4) is 0 Å². The number of carbonyl (C=O) groups excluding carboxylic acids is 1. The van der Waals surface area contributed by atoms with Crippen LogP contribution in [0, 0.1) is 0 Å². The molecule has 2 heteroatoms. The van der Waals surface area contributed by atoms with Gasteiger partial charge in [0.15, 0.2) is 5.78 Å². The molecule has 1 aromatic carbocycles. The quantitative estimate of drug-likeness (QED) is 0.755. The highest BCUT2D eigenvalue weighted by Gasteiger charge is 2.44. The monoisotopic (exact) mass is 255 g/mol. The number of Topliss-reactive ketones (excluding diaryl/α,β-unsaturated/α-hetero) is 1.